The van der Waals surface area contributed by atoms with Crippen molar-refractivity contribution in [1.29, 1.82) is 0 Å². The van der Waals surface area contributed by atoms with Crippen molar-refractivity contribution in [3.8, 4) is 0 Å². The van der Waals surface area contributed by atoms with Gasteiger partial charge in [-0.15, -0.1) is 0 Å². The van der Waals surface area contributed by atoms with Crippen LogP contribution in [0.4, 0.5) is 0 Å². The van der Waals surface area contributed by atoms with Crippen molar-refractivity contribution in [3.05, 3.63) is 35.4 Å². The first-order chi connectivity index (χ1) is 9.82. The molecule has 0 aliphatic rings. The number of rotatable bonds is 6. The Morgan fingerprint density at radius 1 is 1.14 bits per heavy atom. The van der Waals surface area contributed by atoms with Gasteiger partial charge in [0.05, 0.1) is 5.75 Å². The van der Waals surface area contributed by atoms with Gasteiger partial charge in [0.15, 0.2) is 0 Å². The molecule has 0 spiro atoms. The van der Waals surface area contributed by atoms with E-state index in [1.807, 2.05) is 38.4 Å². The molecule has 0 bridgehead atoms. The Morgan fingerprint density at radius 3 is 2.18 bits per heavy atom. The van der Waals surface area contributed by atoms with Gasteiger partial charge >= 0.3 is 0 Å². The molecular weight excluding hydrogens is 312 g/mol. The highest BCUT2D eigenvalue weighted by atomic mass is 32.2. The molecule has 0 aliphatic carbocycles. The van der Waals surface area contributed by atoms with Crippen LogP contribution in [0.3, 0.4) is 0 Å². The van der Waals surface area contributed by atoms with E-state index in [1.165, 1.54) is 0 Å². The van der Waals surface area contributed by atoms with Crippen LogP contribution in [0.25, 0.3) is 0 Å². The number of hydrogen-bond acceptors (Lipinski definition) is 3. The van der Waals surface area contributed by atoms with Crippen molar-refractivity contribution in [2.45, 2.75) is 51.2 Å². The summed E-state index contributed by atoms with van der Waals surface area (Å²) in [5, 5.41) is -0.0210. The molecule has 0 heterocycles. The molecule has 0 unspecified atom stereocenters. The average Bonchev–Trinajstić information content (AvgIpc) is 2.23. The standard InChI is InChI=1S/C16H30N2O2SSi/c1-16(2,3)22(6,7)17-21(19,20)13-15-10-8-9-14(11-15)12-18(4)5/h8-11,17H,12-13H2,1-7H3. The Kier molecular flexibility index (Phi) is 6.00. The molecule has 1 N–H and O–H groups in total. The molecule has 0 amide bonds. The van der Waals surface area contributed by atoms with E-state index in [2.05, 4.69) is 43.2 Å². The normalized spacial score (nSPS) is 13.6. The van der Waals surface area contributed by atoms with E-state index in [-0.39, 0.29) is 10.8 Å². The molecule has 0 fully saturated rings. The molecule has 1 aromatic rings. The first-order valence-corrected chi connectivity index (χ1v) is 12.2. The molecule has 126 valence electrons. The fraction of sp³-hybridized carbons (Fsp3) is 0.625. The van der Waals surface area contributed by atoms with Crippen molar-refractivity contribution in [2.24, 2.45) is 0 Å². The van der Waals surface area contributed by atoms with Crippen molar-refractivity contribution >= 4 is 18.3 Å². The zero-order valence-corrected chi connectivity index (χ0v) is 16.7. The molecule has 4 nitrogen and oxygen atoms in total. The van der Waals surface area contributed by atoms with E-state index >= 15 is 0 Å². The predicted octanol–water partition coefficient (Wildman–Crippen LogP) is 3.17. The molecular formula is C16H30N2O2SSi. The van der Waals surface area contributed by atoms with Crippen LogP contribution in [0.15, 0.2) is 24.3 Å². The maximum atomic E-state index is 12.5. The lowest BCUT2D eigenvalue weighted by atomic mass is 10.1. The van der Waals surface area contributed by atoms with Crippen molar-refractivity contribution < 1.29 is 8.42 Å². The van der Waals surface area contributed by atoms with Crippen LogP contribution in [0.2, 0.25) is 18.1 Å². The van der Waals surface area contributed by atoms with Crippen LogP contribution in [0, 0.1) is 0 Å². The van der Waals surface area contributed by atoms with Gasteiger partial charge in [0.25, 0.3) is 0 Å². The second-order valence-corrected chi connectivity index (χ2v) is 14.9. The first-order valence-electron chi connectivity index (χ1n) is 7.57. The van der Waals surface area contributed by atoms with Gasteiger partial charge in [0, 0.05) is 6.54 Å². The van der Waals surface area contributed by atoms with E-state index in [9.17, 15) is 8.42 Å². The molecule has 0 atom stereocenters. The fourth-order valence-electron chi connectivity index (χ4n) is 1.98. The molecule has 0 aromatic heterocycles. The van der Waals surface area contributed by atoms with Crippen LogP contribution < -0.4 is 4.39 Å². The largest absolute Gasteiger partial charge is 0.305 e. The second-order valence-electron chi connectivity index (χ2n) is 7.79. The Balaban J connectivity index is 2.89. The third-order valence-corrected chi connectivity index (χ3v) is 11.9. The zero-order valence-electron chi connectivity index (χ0n) is 14.9. The number of hydrogen-bond donors (Lipinski definition) is 1. The summed E-state index contributed by atoms with van der Waals surface area (Å²) in [7, 11) is -1.40. The topological polar surface area (TPSA) is 49.4 Å². The Morgan fingerprint density at radius 2 is 1.68 bits per heavy atom. The van der Waals surface area contributed by atoms with Gasteiger partial charge in [-0.05, 0) is 30.3 Å². The Hall–Kier alpha value is -0.693. The minimum atomic E-state index is -3.32. The minimum Gasteiger partial charge on any atom is -0.305 e. The minimum absolute atomic E-state index is 0.0210. The highest BCUT2D eigenvalue weighted by Crippen LogP contribution is 2.34. The van der Waals surface area contributed by atoms with Crippen LogP contribution in [0.1, 0.15) is 31.9 Å². The highest BCUT2D eigenvalue weighted by Gasteiger charge is 2.38. The second kappa shape index (κ2) is 6.82. The van der Waals surface area contributed by atoms with Gasteiger partial charge in [0.1, 0.15) is 8.24 Å². The Labute approximate surface area is 137 Å². The predicted molar refractivity (Wildman–Crippen MR) is 96.8 cm³/mol. The number of nitrogens with zero attached hydrogens (tertiary/aromatic N) is 1. The summed E-state index contributed by atoms with van der Waals surface area (Å²) in [5.41, 5.74) is 1.97. The summed E-state index contributed by atoms with van der Waals surface area (Å²) < 4.78 is 28.0. The molecule has 1 rings (SSSR count). The van der Waals surface area contributed by atoms with Gasteiger partial charge in [0.2, 0.25) is 10.0 Å². The van der Waals surface area contributed by atoms with E-state index in [4.69, 9.17) is 0 Å². The van der Waals surface area contributed by atoms with Crippen LogP contribution in [-0.4, -0.2) is 35.6 Å². The van der Waals surface area contributed by atoms with E-state index in [1.54, 1.807) is 0 Å². The molecule has 0 aliphatic heterocycles. The summed E-state index contributed by atoms with van der Waals surface area (Å²) >= 11 is 0. The van der Waals surface area contributed by atoms with Crippen molar-refractivity contribution in [2.75, 3.05) is 14.1 Å². The smallest absolute Gasteiger partial charge is 0.209 e. The Bertz CT molecular complexity index is 605. The monoisotopic (exact) mass is 342 g/mol. The van der Waals surface area contributed by atoms with Gasteiger partial charge in [-0.25, -0.2) is 12.8 Å². The molecule has 0 saturated carbocycles. The highest BCUT2D eigenvalue weighted by molar-refractivity contribution is 7.90. The van der Waals surface area contributed by atoms with E-state index in [0.29, 0.717) is 0 Å². The van der Waals surface area contributed by atoms with Gasteiger partial charge in [-0.2, -0.15) is 0 Å². The van der Waals surface area contributed by atoms with Gasteiger partial charge < -0.3 is 4.90 Å². The summed E-state index contributed by atoms with van der Waals surface area (Å²) in [6.45, 7) is 11.2. The molecule has 0 saturated heterocycles. The summed E-state index contributed by atoms with van der Waals surface area (Å²) in [6.07, 6.45) is 0. The zero-order chi connectivity index (χ0) is 17.2. The van der Waals surface area contributed by atoms with E-state index < -0.39 is 18.3 Å². The van der Waals surface area contributed by atoms with Crippen LogP contribution in [-0.2, 0) is 22.3 Å². The summed E-state index contributed by atoms with van der Waals surface area (Å²) in [6, 6.07) is 7.81. The summed E-state index contributed by atoms with van der Waals surface area (Å²) in [5.74, 6) is 0.0424. The average molecular weight is 343 g/mol. The van der Waals surface area contributed by atoms with E-state index in [0.717, 1.165) is 17.7 Å². The maximum Gasteiger partial charge on any atom is 0.209 e. The SMILES string of the molecule is CN(C)Cc1cccc(CS(=O)(=O)N[Si](C)(C)C(C)(C)C)c1. The lowest BCUT2D eigenvalue weighted by Crippen LogP contribution is -2.54. The third-order valence-electron chi connectivity index (χ3n) is 4.13. The number of sulfonamides is 1. The number of nitrogens with one attached hydrogen (secondary N) is 1. The quantitative estimate of drug-likeness (QED) is 0.808. The third kappa shape index (κ3) is 5.83. The lowest BCUT2D eigenvalue weighted by Gasteiger charge is -2.36. The van der Waals surface area contributed by atoms with Gasteiger partial charge in [-0.1, -0.05) is 58.1 Å². The molecule has 1 aromatic carbocycles. The van der Waals surface area contributed by atoms with Crippen LogP contribution in [0.5, 0.6) is 0 Å². The summed E-state index contributed by atoms with van der Waals surface area (Å²) in [4.78, 5) is 2.07. The van der Waals surface area contributed by atoms with Crippen LogP contribution >= 0.6 is 0 Å². The fourth-order valence-corrected chi connectivity index (χ4v) is 7.22. The first kappa shape index (κ1) is 19.4. The number of benzene rings is 1. The lowest BCUT2D eigenvalue weighted by molar-refractivity contribution is 0.402. The van der Waals surface area contributed by atoms with Crippen molar-refractivity contribution in [3.63, 3.8) is 0 Å². The maximum absolute atomic E-state index is 12.5. The molecule has 6 heteroatoms. The van der Waals surface area contributed by atoms with Crippen molar-refractivity contribution in [1.82, 2.24) is 9.29 Å². The molecule has 22 heavy (non-hydrogen) atoms. The molecule has 0 radical (unpaired) electrons. The van der Waals surface area contributed by atoms with Gasteiger partial charge in [-0.3, -0.25) is 0 Å².